The maximum absolute atomic E-state index is 13.0. The molecule has 0 spiro atoms. The van der Waals surface area contributed by atoms with Crippen molar-refractivity contribution in [1.29, 1.82) is 0 Å². The van der Waals surface area contributed by atoms with E-state index >= 15 is 0 Å². The molecule has 0 fully saturated rings. The summed E-state index contributed by atoms with van der Waals surface area (Å²) in [6.07, 6.45) is 0. The van der Waals surface area contributed by atoms with E-state index in [1.807, 2.05) is 0 Å². The highest BCUT2D eigenvalue weighted by Gasteiger charge is 2.10. The second-order valence-corrected chi connectivity index (χ2v) is 4.37. The van der Waals surface area contributed by atoms with Crippen molar-refractivity contribution in [2.45, 2.75) is 6.61 Å². The molecule has 0 aliphatic carbocycles. The summed E-state index contributed by atoms with van der Waals surface area (Å²) in [6.45, 7) is 0.137. The van der Waals surface area contributed by atoms with Crippen LogP contribution >= 0.6 is 11.6 Å². The van der Waals surface area contributed by atoms with Gasteiger partial charge in [-0.3, -0.25) is 0 Å². The molecule has 2 rings (SSSR count). The highest BCUT2D eigenvalue weighted by atomic mass is 35.5. The second-order valence-electron chi connectivity index (χ2n) is 3.97. The van der Waals surface area contributed by atoms with Gasteiger partial charge in [-0.2, -0.15) is 0 Å². The van der Waals surface area contributed by atoms with Crippen molar-refractivity contribution >= 4 is 24.2 Å². The Morgan fingerprint density at radius 3 is 2.42 bits per heavy atom. The molecule has 0 unspecified atom stereocenters. The fourth-order valence-corrected chi connectivity index (χ4v) is 1.72. The van der Waals surface area contributed by atoms with Crippen LogP contribution in [0, 0.1) is 5.82 Å². The van der Waals surface area contributed by atoms with E-state index in [4.69, 9.17) is 26.4 Å². The zero-order valence-electron chi connectivity index (χ0n) is 9.88. The molecule has 19 heavy (non-hydrogen) atoms. The van der Waals surface area contributed by atoms with Gasteiger partial charge < -0.3 is 14.8 Å². The zero-order chi connectivity index (χ0) is 13.8. The summed E-state index contributed by atoms with van der Waals surface area (Å²) < 4.78 is 18.5. The molecule has 0 bridgehead atoms. The third-order valence-corrected chi connectivity index (χ3v) is 2.95. The van der Waals surface area contributed by atoms with E-state index in [0.717, 1.165) is 0 Å². The first kappa shape index (κ1) is 13.9. The standard InChI is InChI=1S/C13H11BClFO3/c15-13-6-3-11(16)7-9(13)8-19-12-4-1-10(2-5-12)14(17)18/h1-7,17-18H,8H2. The Labute approximate surface area is 115 Å². The van der Waals surface area contributed by atoms with Gasteiger partial charge in [-0.1, -0.05) is 23.7 Å². The smallest absolute Gasteiger partial charge is 0.488 e. The average molecular weight is 280 g/mol. The predicted octanol–water partition coefficient (Wildman–Crippen LogP) is 1.74. The summed E-state index contributed by atoms with van der Waals surface area (Å²) >= 11 is 5.92. The molecular weight excluding hydrogens is 269 g/mol. The van der Waals surface area contributed by atoms with Crippen LogP contribution in [-0.2, 0) is 6.61 Å². The highest BCUT2D eigenvalue weighted by Crippen LogP contribution is 2.19. The Morgan fingerprint density at radius 2 is 1.79 bits per heavy atom. The van der Waals surface area contributed by atoms with Gasteiger partial charge >= 0.3 is 7.12 Å². The van der Waals surface area contributed by atoms with Crippen LogP contribution in [0.4, 0.5) is 4.39 Å². The molecule has 2 N–H and O–H groups in total. The van der Waals surface area contributed by atoms with Gasteiger partial charge in [0, 0.05) is 10.6 Å². The fourth-order valence-electron chi connectivity index (χ4n) is 1.55. The van der Waals surface area contributed by atoms with Gasteiger partial charge in [0.05, 0.1) is 0 Å². The molecule has 0 saturated heterocycles. The molecule has 0 heterocycles. The van der Waals surface area contributed by atoms with Gasteiger partial charge in [-0.25, -0.2) is 4.39 Å². The molecule has 6 heteroatoms. The molecule has 0 amide bonds. The lowest BCUT2D eigenvalue weighted by Gasteiger charge is -2.08. The largest absolute Gasteiger partial charge is 0.489 e. The van der Waals surface area contributed by atoms with E-state index in [1.54, 1.807) is 12.1 Å². The van der Waals surface area contributed by atoms with E-state index in [0.29, 0.717) is 21.8 Å². The first-order valence-electron chi connectivity index (χ1n) is 5.59. The quantitative estimate of drug-likeness (QED) is 0.839. The normalized spacial score (nSPS) is 10.3. The Hall–Kier alpha value is -1.56. The molecule has 98 valence electrons. The van der Waals surface area contributed by atoms with Gasteiger partial charge in [0.2, 0.25) is 0 Å². The summed E-state index contributed by atoms with van der Waals surface area (Å²) in [5, 5.41) is 18.3. The van der Waals surface area contributed by atoms with Crippen LogP contribution in [0.1, 0.15) is 5.56 Å². The minimum Gasteiger partial charge on any atom is -0.489 e. The van der Waals surface area contributed by atoms with Gasteiger partial charge in [0.25, 0.3) is 0 Å². The predicted molar refractivity (Wildman–Crippen MR) is 72.0 cm³/mol. The number of hydrogen-bond acceptors (Lipinski definition) is 3. The topological polar surface area (TPSA) is 49.7 Å². The van der Waals surface area contributed by atoms with Gasteiger partial charge in [0.1, 0.15) is 18.2 Å². The first-order valence-corrected chi connectivity index (χ1v) is 5.97. The van der Waals surface area contributed by atoms with Crippen molar-refractivity contribution in [2.75, 3.05) is 0 Å². The van der Waals surface area contributed by atoms with E-state index in [-0.39, 0.29) is 12.4 Å². The van der Waals surface area contributed by atoms with Crippen molar-refractivity contribution in [3.05, 3.63) is 58.9 Å². The van der Waals surface area contributed by atoms with E-state index in [2.05, 4.69) is 0 Å². The Kier molecular flexibility index (Phi) is 4.42. The van der Waals surface area contributed by atoms with Crippen LogP contribution in [0.25, 0.3) is 0 Å². The van der Waals surface area contributed by atoms with Gasteiger partial charge in [-0.05, 0) is 35.8 Å². The maximum atomic E-state index is 13.0. The Morgan fingerprint density at radius 1 is 1.11 bits per heavy atom. The average Bonchev–Trinajstić information content (AvgIpc) is 2.40. The summed E-state index contributed by atoms with van der Waals surface area (Å²) in [6, 6.07) is 10.3. The summed E-state index contributed by atoms with van der Waals surface area (Å²) in [5.41, 5.74) is 0.920. The highest BCUT2D eigenvalue weighted by molar-refractivity contribution is 6.58. The first-order chi connectivity index (χ1) is 9.06. The molecule has 2 aromatic carbocycles. The molecule has 0 aliphatic heterocycles. The number of hydrogen-bond donors (Lipinski definition) is 2. The molecule has 0 aromatic heterocycles. The Bertz CT molecular complexity index is 560. The van der Waals surface area contributed by atoms with Crippen molar-refractivity contribution in [3.8, 4) is 5.75 Å². The van der Waals surface area contributed by atoms with Crippen LogP contribution in [0.5, 0.6) is 5.75 Å². The van der Waals surface area contributed by atoms with Crippen molar-refractivity contribution < 1.29 is 19.2 Å². The third kappa shape index (κ3) is 3.70. The van der Waals surface area contributed by atoms with E-state index in [1.165, 1.54) is 30.3 Å². The molecule has 0 radical (unpaired) electrons. The van der Waals surface area contributed by atoms with Crippen LogP contribution in [0.2, 0.25) is 5.02 Å². The minimum atomic E-state index is -1.51. The maximum Gasteiger partial charge on any atom is 0.488 e. The second kappa shape index (κ2) is 6.06. The van der Waals surface area contributed by atoms with Crippen LogP contribution in [0.15, 0.2) is 42.5 Å². The van der Waals surface area contributed by atoms with Crippen LogP contribution in [-0.4, -0.2) is 17.2 Å². The minimum absolute atomic E-state index is 0.137. The lowest BCUT2D eigenvalue weighted by atomic mass is 9.80. The lowest BCUT2D eigenvalue weighted by molar-refractivity contribution is 0.305. The SMILES string of the molecule is OB(O)c1ccc(OCc2cc(F)ccc2Cl)cc1. The molecule has 0 saturated carbocycles. The number of ether oxygens (including phenoxy) is 1. The molecule has 2 aromatic rings. The number of rotatable bonds is 4. The van der Waals surface area contributed by atoms with Crippen LogP contribution in [0.3, 0.4) is 0 Å². The summed E-state index contributed by atoms with van der Waals surface area (Å²) in [7, 11) is -1.51. The lowest BCUT2D eigenvalue weighted by Crippen LogP contribution is -2.29. The fraction of sp³-hybridized carbons (Fsp3) is 0.0769. The van der Waals surface area contributed by atoms with Crippen molar-refractivity contribution in [1.82, 2.24) is 0 Å². The Balaban J connectivity index is 2.04. The van der Waals surface area contributed by atoms with E-state index in [9.17, 15) is 4.39 Å². The van der Waals surface area contributed by atoms with Crippen molar-refractivity contribution in [2.24, 2.45) is 0 Å². The molecule has 0 aliphatic rings. The van der Waals surface area contributed by atoms with Gasteiger partial charge in [-0.15, -0.1) is 0 Å². The monoisotopic (exact) mass is 280 g/mol. The van der Waals surface area contributed by atoms with Crippen LogP contribution < -0.4 is 10.2 Å². The summed E-state index contributed by atoms with van der Waals surface area (Å²) in [5.74, 6) is 0.159. The van der Waals surface area contributed by atoms with Crippen molar-refractivity contribution in [3.63, 3.8) is 0 Å². The van der Waals surface area contributed by atoms with Gasteiger partial charge in [0.15, 0.2) is 0 Å². The number of halogens is 2. The third-order valence-electron chi connectivity index (χ3n) is 2.58. The molecular formula is C13H11BClFO3. The molecule has 0 atom stereocenters. The summed E-state index contributed by atoms with van der Waals surface area (Å²) in [4.78, 5) is 0. The molecule has 3 nitrogen and oxygen atoms in total. The zero-order valence-corrected chi connectivity index (χ0v) is 10.6. The van der Waals surface area contributed by atoms with E-state index < -0.39 is 7.12 Å². The number of benzene rings is 2.